The van der Waals surface area contributed by atoms with Gasteiger partial charge in [0.25, 0.3) is 0 Å². The summed E-state index contributed by atoms with van der Waals surface area (Å²) in [5.41, 5.74) is 3.04. The first-order valence-electron chi connectivity index (χ1n) is 8.80. The molecular weight excluding hydrogens is 382 g/mol. The molecule has 2 N–H and O–H groups in total. The molecule has 0 atom stereocenters. The van der Waals surface area contributed by atoms with Gasteiger partial charge in [-0.2, -0.15) is 0 Å². The van der Waals surface area contributed by atoms with Crippen molar-refractivity contribution in [2.75, 3.05) is 19.0 Å². The predicted octanol–water partition coefficient (Wildman–Crippen LogP) is 3.96. The fourth-order valence-corrected chi connectivity index (χ4v) is 3.50. The fraction of sp³-hybridized carbons (Fsp3) is 0.300. The van der Waals surface area contributed by atoms with Gasteiger partial charge in [0.2, 0.25) is 5.91 Å². The van der Waals surface area contributed by atoms with E-state index in [0.29, 0.717) is 35.4 Å². The van der Waals surface area contributed by atoms with E-state index in [1.807, 2.05) is 23.1 Å². The van der Waals surface area contributed by atoms with Gasteiger partial charge in [-0.05, 0) is 48.0 Å². The molecule has 1 aliphatic rings. The summed E-state index contributed by atoms with van der Waals surface area (Å²) in [4.78, 5) is 13.8. The van der Waals surface area contributed by atoms with Gasteiger partial charge in [0.15, 0.2) is 5.11 Å². The number of nitrogens with zero attached hydrogens (tertiary/aromatic N) is 1. The number of methoxy groups -OCH3 is 1. The number of ether oxygens (including phenoxy) is 1. The molecule has 2 aromatic carbocycles. The molecule has 0 radical (unpaired) electrons. The lowest BCUT2D eigenvalue weighted by molar-refractivity contribution is -0.128. The number of anilines is 1. The summed E-state index contributed by atoms with van der Waals surface area (Å²) in [7, 11) is 1.58. The second-order valence-corrected chi connectivity index (χ2v) is 7.16. The third-order valence-corrected chi connectivity index (χ3v) is 5.04. The van der Waals surface area contributed by atoms with Crippen molar-refractivity contribution in [3.8, 4) is 5.75 Å². The topological polar surface area (TPSA) is 53.6 Å². The number of carbonyl (C=O) groups excluding carboxylic acids is 1. The summed E-state index contributed by atoms with van der Waals surface area (Å²) in [6.45, 7) is 2.05. The smallest absolute Gasteiger partial charge is 0.222 e. The quantitative estimate of drug-likeness (QED) is 0.715. The predicted molar refractivity (Wildman–Crippen MR) is 112 cm³/mol. The zero-order valence-electron chi connectivity index (χ0n) is 15.1. The second kappa shape index (κ2) is 9.06. The van der Waals surface area contributed by atoms with Crippen molar-refractivity contribution >= 4 is 40.5 Å². The Bertz CT molecular complexity index is 844. The van der Waals surface area contributed by atoms with Gasteiger partial charge in [0, 0.05) is 31.7 Å². The normalized spacial score (nSPS) is 13.6. The molecule has 0 saturated carbocycles. The SMILES string of the molecule is COc1ccc(NC(=S)NCc2ccccc2CN2CCCC2=O)cc1Cl. The fourth-order valence-electron chi connectivity index (χ4n) is 3.06. The van der Waals surface area contributed by atoms with Crippen LogP contribution in [0.1, 0.15) is 24.0 Å². The van der Waals surface area contributed by atoms with E-state index in [0.717, 1.165) is 29.8 Å². The van der Waals surface area contributed by atoms with E-state index in [4.69, 9.17) is 28.6 Å². The van der Waals surface area contributed by atoms with Crippen LogP contribution in [0.2, 0.25) is 5.02 Å². The highest BCUT2D eigenvalue weighted by molar-refractivity contribution is 7.80. The van der Waals surface area contributed by atoms with Gasteiger partial charge in [-0.1, -0.05) is 35.9 Å². The standard InChI is InChI=1S/C20H22ClN3O2S/c1-26-18-9-8-16(11-17(18)21)23-20(27)22-12-14-5-2-3-6-15(14)13-24-10-4-7-19(24)25/h2-3,5-6,8-9,11H,4,7,10,12-13H2,1H3,(H2,22,23,27). The summed E-state index contributed by atoms with van der Waals surface area (Å²) in [5, 5.41) is 7.36. The number of rotatable bonds is 6. The van der Waals surface area contributed by atoms with Crippen LogP contribution in [0.5, 0.6) is 5.75 Å². The molecule has 7 heteroatoms. The molecule has 1 fully saturated rings. The third kappa shape index (κ3) is 5.11. The minimum absolute atomic E-state index is 0.228. The molecule has 142 valence electrons. The molecule has 0 spiro atoms. The minimum Gasteiger partial charge on any atom is -0.495 e. The molecular formula is C20H22ClN3O2S. The minimum atomic E-state index is 0.228. The largest absolute Gasteiger partial charge is 0.495 e. The summed E-state index contributed by atoms with van der Waals surface area (Å²) in [5.74, 6) is 0.845. The van der Waals surface area contributed by atoms with E-state index < -0.39 is 0 Å². The van der Waals surface area contributed by atoms with Crippen LogP contribution in [-0.4, -0.2) is 29.6 Å². The van der Waals surface area contributed by atoms with Crippen molar-refractivity contribution in [2.24, 2.45) is 0 Å². The summed E-state index contributed by atoms with van der Waals surface area (Å²) in [6, 6.07) is 13.5. The molecule has 27 heavy (non-hydrogen) atoms. The monoisotopic (exact) mass is 403 g/mol. The molecule has 0 unspecified atom stereocenters. The molecule has 1 amide bonds. The lowest BCUT2D eigenvalue weighted by Crippen LogP contribution is -2.29. The molecule has 1 saturated heterocycles. The number of nitrogens with one attached hydrogen (secondary N) is 2. The Morgan fingerprint density at radius 3 is 2.70 bits per heavy atom. The van der Waals surface area contributed by atoms with Gasteiger partial charge in [-0.3, -0.25) is 4.79 Å². The summed E-state index contributed by atoms with van der Waals surface area (Å²) < 4.78 is 5.15. The second-order valence-electron chi connectivity index (χ2n) is 6.34. The Morgan fingerprint density at radius 1 is 1.26 bits per heavy atom. The van der Waals surface area contributed by atoms with Gasteiger partial charge < -0.3 is 20.3 Å². The lowest BCUT2D eigenvalue weighted by atomic mass is 10.1. The number of hydrogen-bond donors (Lipinski definition) is 2. The molecule has 3 rings (SSSR count). The maximum Gasteiger partial charge on any atom is 0.222 e. The van der Waals surface area contributed by atoms with Gasteiger partial charge in [-0.15, -0.1) is 0 Å². The highest BCUT2D eigenvalue weighted by Crippen LogP contribution is 2.27. The van der Waals surface area contributed by atoms with E-state index in [2.05, 4.69) is 22.8 Å². The number of carbonyl (C=O) groups is 1. The van der Waals surface area contributed by atoms with Gasteiger partial charge in [0.05, 0.1) is 12.1 Å². The average Bonchev–Trinajstić information content (AvgIpc) is 3.06. The number of thiocarbonyl (C=S) groups is 1. The van der Waals surface area contributed by atoms with Crippen LogP contribution in [0.25, 0.3) is 0 Å². The number of halogens is 1. The van der Waals surface area contributed by atoms with Crippen molar-refractivity contribution < 1.29 is 9.53 Å². The molecule has 5 nitrogen and oxygen atoms in total. The maximum atomic E-state index is 11.9. The average molecular weight is 404 g/mol. The third-order valence-electron chi connectivity index (χ3n) is 4.50. The zero-order valence-corrected chi connectivity index (χ0v) is 16.7. The maximum absolute atomic E-state index is 11.9. The highest BCUT2D eigenvalue weighted by Gasteiger charge is 2.20. The molecule has 2 aromatic rings. The first-order valence-corrected chi connectivity index (χ1v) is 9.58. The Labute approximate surface area is 169 Å². The van der Waals surface area contributed by atoms with Crippen LogP contribution in [-0.2, 0) is 17.9 Å². The Morgan fingerprint density at radius 2 is 2.04 bits per heavy atom. The van der Waals surface area contributed by atoms with Crippen molar-refractivity contribution in [2.45, 2.75) is 25.9 Å². The van der Waals surface area contributed by atoms with Crippen LogP contribution in [0.4, 0.5) is 5.69 Å². The number of benzene rings is 2. The molecule has 0 bridgehead atoms. The van der Waals surface area contributed by atoms with Gasteiger partial charge in [-0.25, -0.2) is 0 Å². The Hall–Kier alpha value is -2.31. The molecule has 1 heterocycles. The highest BCUT2D eigenvalue weighted by atomic mass is 35.5. The Balaban J connectivity index is 1.59. The van der Waals surface area contributed by atoms with E-state index in [-0.39, 0.29) is 5.91 Å². The lowest BCUT2D eigenvalue weighted by Gasteiger charge is -2.19. The number of amides is 1. The van der Waals surface area contributed by atoms with Gasteiger partial charge in [0.1, 0.15) is 5.75 Å². The van der Waals surface area contributed by atoms with Gasteiger partial charge >= 0.3 is 0 Å². The van der Waals surface area contributed by atoms with E-state index in [1.54, 1.807) is 19.2 Å². The van der Waals surface area contributed by atoms with Crippen LogP contribution in [0, 0.1) is 0 Å². The summed E-state index contributed by atoms with van der Waals surface area (Å²) in [6.07, 6.45) is 1.59. The van der Waals surface area contributed by atoms with Crippen molar-refractivity contribution in [3.05, 3.63) is 58.6 Å². The molecule has 1 aliphatic heterocycles. The van der Waals surface area contributed by atoms with E-state index >= 15 is 0 Å². The zero-order chi connectivity index (χ0) is 19.2. The first-order chi connectivity index (χ1) is 13.1. The van der Waals surface area contributed by atoms with Crippen LogP contribution in [0.3, 0.4) is 0 Å². The van der Waals surface area contributed by atoms with Crippen molar-refractivity contribution in [1.82, 2.24) is 10.2 Å². The molecule has 0 aliphatic carbocycles. The van der Waals surface area contributed by atoms with Crippen LogP contribution >= 0.6 is 23.8 Å². The first kappa shape index (κ1) is 19.5. The Kier molecular flexibility index (Phi) is 6.53. The van der Waals surface area contributed by atoms with Crippen molar-refractivity contribution in [3.63, 3.8) is 0 Å². The van der Waals surface area contributed by atoms with E-state index in [1.165, 1.54) is 0 Å². The number of likely N-dealkylation sites (tertiary alicyclic amines) is 1. The molecule has 0 aromatic heterocycles. The van der Waals surface area contributed by atoms with Crippen LogP contribution in [0.15, 0.2) is 42.5 Å². The van der Waals surface area contributed by atoms with E-state index in [9.17, 15) is 4.79 Å². The summed E-state index contributed by atoms with van der Waals surface area (Å²) >= 11 is 11.5. The van der Waals surface area contributed by atoms with Crippen molar-refractivity contribution in [1.29, 1.82) is 0 Å². The number of hydrogen-bond acceptors (Lipinski definition) is 3. The van der Waals surface area contributed by atoms with Crippen LogP contribution < -0.4 is 15.4 Å².